The Morgan fingerprint density at radius 2 is 2.04 bits per heavy atom. The van der Waals surface area contributed by atoms with Gasteiger partial charge in [0.15, 0.2) is 5.96 Å². The zero-order valence-corrected chi connectivity index (χ0v) is 17.6. The molecule has 0 aromatic heterocycles. The summed E-state index contributed by atoms with van der Waals surface area (Å²) in [4.78, 5) is 15.7. The minimum Gasteiger partial charge on any atom is -0.489 e. The van der Waals surface area contributed by atoms with E-state index in [4.69, 9.17) is 4.74 Å². The van der Waals surface area contributed by atoms with Crippen LogP contribution in [-0.2, 0) is 4.79 Å². The number of benzene rings is 1. The van der Waals surface area contributed by atoms with Crippen LogP contribution in [0.15, 0.2) is 29.3 Å². The minimum absolute atomic E-state index is 0. The van der Waals surface area contributed by atoms with Crippen molar-refractivity contribution < 1.29 is 13.9 Å². The number of hydrogen-bond donors (Lipinski definition) is 3. The van der Waals surface area contributed by atoms with Gasteiger partial charge < -0.3 is 20.7 Å². The first kappa shape index (κ1) is 22.5. The number of rotatable bonds is 9. The van der Waals surface area contributed by atoms with Gasteiger partial charge in [-0.2, -0.15) is 0 Å². The van der Waals surface area contributed by atoms with Gasteiger partial charge in [-0.25, -0.2) is 4.39 Å². The molecule has 1 atom stereocenters. The molecule has 0 radical (unpaired) electrons. The minimum atomic E-state index is -0.314. The Hall–Kier alpha value is -1.58. The molecule has 1 aliphatic carbocycles. The lowest BCUT2D eigenvalue weighted by Gasteiger charge is -2.20. The summed E-state index contributed by atoms with van der Waals surface area (Å²) in [6, 6.07) is 6.13. The molecule has 1 unspecified atom stereocenters. The lowest BCUT2D eigenvalue weighted by Crippen LogP contribution is -2.44. The van der Waals surface area contributed by atoms with E-state index in [1.807, 2.05) is 6.92 Å². The summed E-state index contributed by atoms with van der Waals surface area (Å²) < 4.78 is 19.0. The summed E-state index contributed by atoms with van der Waals surface area (Å²) in [5.41, 5.74) is 0. The third-order valence-corrected chi connectivity index (χ3v) is 3.94. The fourth-order valence-corrected chi connectivity index (χ4v) is 2.29. The molecule has 1 aromatic rings. The van der Waals surface area contributed by atoms with Gasteiger partial charge in [0, 0.05) is 32.1 Å². The van der Waals surface area contributed by atoms with Gasteiger partial charge in [-0.1, -0.05) is 13.0 Å². The molecule has 1 fully saturated rings. The Morgan fingerprint density at radius 1 is 1.31 bits per heavy atom. The van der Waals surface area contributed by atoms with E-state index in [2.05, 4.69) is 20.9 Å². The van der Waals surface area contributed by atoms with Crippen LogP contribution in [-0.4, -0.2) is 44.7 Å². The highest BCUT2D eigenvalue weighted by molar-refractivity contribution is 14.0. The maximum Gasteiger partial charge on any atom is 0.223 e. The predicted molar refractivity (Wildman–Crippen MR) is 112 cm³/mol. The third-order valence-electron chi connectivity index (χ3n) is 3.94. The van der Waals surface area contributed by atoms with Crippen molar-refractivity contribution in [3.8, 4) is 5.75 Å². The molecule has 1 aliphatic rings. The number of carbonyl (C=O) groups is 1. The summed E-state index contributed by atoms with van der Waals surface area (Å²) in [5, 5.41) is 9.22. The molecule has 6 nitrogen and oxygen atoms in total. The van der Waals surface area contributed by atoms with Gasteiger partial charge in [-0.05, 0) is 31.4 Å². The molecule has 26 heavy (non-hydrogen) atoms. The average Bonchev–Trinajstić information content (AvgIpc) is 3.45. The number of ether oxygens (including phenoxy) is 1. The molecule has 0 saturated heterocycles. The summed E-state index contributed by atoms with van der Waals surface area (Å²) in [5.74, 6) is 1.20. The van der Waals surface area contributed by atoms with Crippen molar-refractivity contribution in [3.05, 3.63) is 30.1 Å². The Kier molecular flexibility index (Phi) is 10.3. The highest BCUT2D eigenvalue weighted by Gasteiger charge is 2.28. The highest BCUT2D eigenvalue weighted by atomic mass is 127. The van der Waals surface area contributed by atoms with Crippen molar-refractivity contribution in [2.45, 2.75) is 32.3 Å². The van der Waals surface area contributed by atoms with E-state index >= 15 is 0 Å². The van der Waals surface area contributed by atoms with Gasteiger partial charge >= 0.3 is 0 Å². The monoisotopic (exact) mass is 478 g/mol. The number of guanidine groups is 1. The van der Waals surface area contributed by atoms with Gasteiger partial charge in [0.25, 0.3) is 0 Å². The topological polar surface area (TPSA) is 74.8 Å². The van der Waals surface area contributed by atoms with Crippen molar-refractivity contribution in [1.82, 2.24) is 16.0 Å². The first-order valence-corrected chi connectivity index (χ1v) is 8.76. The van der Waals surface area contributed by atoms with E-state index in [0.29, 0.717) is 31.3 Å². The highest BCUT2D eigenvalue weighted by Crippen LogP contribution is 2.28. The SMILES string of the molecule is CCC(CNC(=NC)NCCNC(=O)C1CC1)Oc1cccc(F)c1.I. The van der Waals surface area contributed by atoms with E-state index in [1.54, 1.807) is 19.2 Å². The van der Waals surface area contributed by atoms with Gasteiger partial charge in [0.1, 0.15) is 17.7 Å². The van der Waals surface area contributed by atoms with E-state index < -0.39 is 0 Å². The summed E-state index contributed by atoms with van der Waals surface area (Å²) in [6.07, 6.45) is 2.69. The standard InChI is InChI=1S/C18H27FN4O2.HI/c1-3-15(25-16-6-4-5-14(19)11-16)12-23-18(20-2)22-10-9-21-17(24)13-7-8-13;/h4-6,11,13,15H,3,7-10,12H2,1-2H3,(H,21,24)(H2,20,22,23);1H. The van der Waals surface area contributed by atoms with Crippen molar-refractivity contribution >= 4 is 35.8 Å². The molecule has 0 bridgehead atoms. The molecule has 2 rings (SSSR count). The third kappa shape index (κ3) is 8.20. The molecule has 8 heteroatoms. The fraction of sp³-hybridized carbons (Fsp3) is 0.556. The molecule has 0 aliphatic heterocycles. The van der Waals surface area contributed by atoms with Crippen molar-refractivity contribution in [3.63, 3.8) is 0 Å². The lowest BCUT2D eigenvalue weighted by atomic mass is 10.2. The Balaban J connectivity index is 0.00000338. The zero-order valence-electron chi connectivity index (χ0n) is 15.3. The molecular formula is C18H28FIN4O2. The van der Waals surface area contributed by atoms with Crippen molar-refractivity contribution in [1.29, 1.82) is 0 Å². The van der Waals surface area contributed by atoms with E-state index in [-0.39, 0.29) is 47.7 Å². The van der Waals surface area contributed by atoms with Crippen molar-refractivity contribution in [2.75, 3.05) is 26.7 Å². The van der Waals surface area contributed by atoms with E-state index in [9.17, 15) is 9.18 Å². The van der Waals surface area contributed by atoms with E-state index in [0.717, 1.165) is 19.3 Å². The summed E-state index contributed by atoms with van der Waals surface area (Å²) in [6.45, 7) is 3.71. The Morgan fingerprint density at radius 3 is 2.65 bits per heavy atom. The smallest absolute Gasteiger partial charge is 0.223 e. The number of carbonyl (C=O) groups excluding carboxylic acids is 1. The van der Waals surface area contributed by atoms with Gasteiger partial charge in [-0.3, -0.25) is 9.79 Å². The molecule has 1 saturated carbocycles. The Bertz CT molecular complexity index is 596. The van der Waals surface area contributed by atoms with Crippen LogP contribution in [0.5, 0.6) is 5.75 Å². The summed E-state index contributed by atoms with van der Waals surface area (Å²) >= 11 is 0. The van der Waals surface area contributed by atoms with Crippen LogP contribution >= 0.6 is 24.0 Å². The van der Waals surface area contributed by atoms with Gasteiger partial charge in [-0.15, -0.1) is 24.0 Å². The maximum atomic E-state index is 13.2. The fourth-order valence-electron chi connectivity index (χ4n) is 2.29. The first-order valence-electron chi connectivity index (χ1n) is 8.76. The molecular weight excluding hydrogens is 450 g/mol. The van der Waals surface area contributed by atoms with Crippen LogP contribution < -0.4 is 20.7 Å². The van der Waals surface area contributed by atoms with Gasteiger partial charge in [0.2, 0.25) is 5.91 Å². The lowest BCUT2D eigenvalue weighted by molar-refractivity contribution is -0.122. The second kappa shape index (κ2) is 11.9. The predicted octanol–water partition coefficient (Wildman–Crippen LogP) is 2.29. The summed E-state index contributed by atoms with van der Waals surface area (Å²) in [7, 11) is 1.69. The van der Waals surface area contributed by atoms with Gasteiger partial charge in [0.05, 0.1) is 6.54 Å². The molecule has 1 amide bonds. The number of nitrogens with zero attached hydrogens (tertiary/aromatic N) is 1. The van der Waals surface area contributed by atoms with Crippen LogP contribution in [0.4, 0.5) is 4.39 Å². The molecule has 0 spiro atoms. The van der Waals surface area contributed by atoms with Crippen LogP contribution in [0.3, 0.4) is 0 Å². The Labute approximate surface area is 171 Å². The quantitative estimate of drug-likeness (QED) is 0.221. The number of nitrogens with one attached hydrogen (secondary N) is 3. The molecule has 0 heterocycles. The molecule has 1 aromatic carbocycles. The first-order chi connectivity index (χ1) is 12.1. The van der Waals surface area contributed by atoms with Crippen LogP contribution in [0.25, 0.3) is 0 Å². The zero-order chi connectivity index (χ0) is 18.1. The maximum absolute atomic E-state index is 13.2. The molecule has 3 N–H and O–H groups in total. The van der Waals surface area contributed by atoms with Crippen LogP contribution in [0.1, 0.15) is 26.2 Å². The normalized spacial score (nSPS) is 14.8. The second-order valence-corrected chi connectivity index (χ2v) is 6.05. The number of hydrogen-bond acceptors (Lipinski definition) is 3. The largest absolute Gasteiger partial charge is 0.489 e. The average molecular weight is 478 g/mol. The van der Waals surface area contributed by atoms with E-state index in [1.165, 1.54) is 12.1 Å². The van der Waals surface area contributed by atoms with Crippen molar-refractivity contribution in [2.24, 2.45) is 10.9 Å². The van der Waals surface area contributed by atoms with Crippen LogP contribution in [0, 0.1) is 11.7 Å². The second-order valence-electron chi connectivity index (χ2n) is 6.05. The number of halogens is 2. The number of amides is 1. The number of aliphatic imine (C=N–C) groups is 1. The van der Waals surface area contributed by atoms with Crippen LogP contribution in [0.2, 0.25) is 0 Å². The molecule has 146 valence electrons.